The number of aromatic nitrogens is 2. The number of likely N-dealkylation sites (tertiary alicyclic amines) is 1. The van der Waals surface area contributed by atoms with Crippen molar-refractivity contribution in [3.8, 4) is 0 Å². The molecule has 1 N–H and O–H groups in total. The lowest BCUT2D eigenvalue weighted by molar-refractivity contribution is 0.182. The molecular formula is C20H29ClN4. The number of nitrogens with zero attached hydrogens (tertiary/aromatic N) is 3. The Hall–Kier alpha value is -1.36. The first-order valence-electron chi connectivity index (χ1n) is 9.25. The first-order chi connectivity index (χ1) is 12.0. The molecule has 1 atom stereocenters. The average molecular weight is 361 g/mol. The van der Waals surface area contributed by atoms with E-state index in [0.29, 0.717) is 12.0 Å². The zero-order chi connectivity index (χ0) is 17.8. The summed E-state index contributed by atoms with van der Waals surface area (Å²) in [5.41, 5.74) is 3.65. The molecule has 136 valence electrons. The van der Waals surface area contributed by atoms with Gasteiger partial charge in [-0.05, 0) is 30.9 Å². The first kappa shape index (κ1) is 18.4. The van der Waals surface area contributed by atoms with Crippen molar-refractivity contribution in [3.05, 3.63) is 52.3 Å². The largest absolute Gasteiger partial charge is 0.308 e. The van der Waals surface area contributed by atoms with Gasteiger partial charge in [0.15, 0.2) is 0 Å². The van der Waals surface area contributed by atoms with Crippen LogP contribution in [-0.4, -0.2) is 33.8 Å². The van der Waals surface area contributed by atoms with Gasteiger partial charge in [-0.3, -0.25) is 9.58 Å². The zero-order valence-electron chi connectivity index (χ0n) is 15.5. The second kappa shape index (κ2) is 8.35. The van der Waals surface area contributed by atoms with Crippen LogP contribution < -0.4 is 5.32 Å². The van der Waals surface area contributed by atoms with Gasteiger partial charge < -0.3 is 5.32 Å². The highest BCUT2D eigenvalue weighted by Gasteiger charge is 2.22. The summed E-state index contributed by atoms with van der Waals surface area (Å²) < 4.78 is 1.79. The maximum atomic E-state index is 6.46. The van der Waals surface area contributed by atoms with Crippen LogP contribution >= 0.6 is 11.6 Å². The number of hydrogen-bond donors (Lipinski definition) is 1. The number of hydrogen-bond acceptors (Lipinski definition) is 3. The smallest absolute Gasteiger partial charge is 0.131 e. The molecule has 0 unspecified atom stereocenters. The van der Waals surface area contributed by atoms with Crippen LogP contribution in [0.4, 0.5) is 0 Å². The monoisotopic (exact) mass is 360 g/mol. The van der Waals surface area contributed by atoms with Gasteiger partial charge in [-0.2, -0.15) is 5.10 Å². The van der Waals surface area contributed by atoms with Crippen LogP contribution in [0.15, 0.2) is 30.3 Å². The number of halogens is 1. The third-order valence-electron chi connectivity index (χ3n) is 4.97. The molecule has 0 aliphatic carbocycles. The molecule has 1 aromatic heterocycles. The Bertz CT molecular complexity index is 681. The number of benzene rings is 1. The van der Waals surface area contributed by atoms with Crippen molar-refractivity contribution in [3.63, 3.8) is 0 Å². The normalized spacial score (nSPS) is 18.8. The molecule has 1 aliphatic rings. The molecule has 2 heterocycles. The molecule has 1 saturated heterocycles. The maximum Gasteiger partial charge on any atom is 0.131 e. The van der Waals surface area contributed by atoms with Crippen molar-refractivity contribution in [2.45, 2.75) is 51.7 Å². The van der Waals surface area contributed by atoms with Crippen LogP contribution in [0.2, 0.25) is 5.15 Å². The van der Waals surface area contributed by atoms with Gasteiger partial charge in [0, 0.05) is 38.3 Å². The molecular weight excluding hydrogens is 332 g/mol. The predicted octanol–water partition coefficient (Wildman–Crippen LogP) is 3.95. The minimum Gasteiger partial charge on any atom is -0.308 e. The van der Waals surface area contributed by atoms with E-state index < -0.39 is 0 Å². The molecule has 2 aromatic rings. The number of piperidine rings is 1. The quantitative estimate of drug-likeness (QED) is 0.846. The maximum absolute atomic E-state index is 6.46. The van der Waals surface area contributed by atoms with Gasteiger partial charge in [0.25, 0.3) is 0 Å². The van der Waals surface area contributed by atoms with Gasteiger partial charge >= 0.3 is 0 Å². The van der Waals surface area contributed by atoms with Crippen molar-refractivity contribution in [1.82, 2.24) is 20.0 Å². The van der Waals surface area contributed by atoms with Crippen molar-refractivity contribution in [2.24, 2.45) is 7.05 Å². The Morgan fingerprint density at radius 3 is 2.76 bits per heavy atom. The van der Waals surface area contributed by atoms with Crippen LogP contribution in [0.5, 0.6) is 0 Å². The van der Waals surface area contributed by atoms with E-state index >= 15 is 0 Å². The molecule has 0 amide bonds. The summed E-state index contributed by atoms with van der Waals surface area (Å²) in [6.07, 6.45) is 2.46. The fourth-order valence-electron chi connectivity index (χ4n) is 3.65. The Labute approximate surface area is 156 Å². The van der Waals surface area contributed by atoms with Gasteiger partial charge in [0.1, 0.15) is 5.15 Å². The summed E-state index contributed by atoms with van der Waals surface area (Å²) in [5.74, 6) is 0.386. The van der Waals surface area contributed by atoms with Gasteiger partial charge in [0.05, 0.1) is 5.69 Å². The second-order valence-corrected chi connectivity index (χ2v) is 7.73. The van der Waals surface area contributed by atoms with E-state index in [1.54, 1.807) is 4.68 Å². The number of aryl methyl sites for hydroxylation is 1. The van der Waals surface area contributed by atoms with E-state index in [2.05, 4.69) is 59.5 Å². The van der Waals surface area contributed by atoms with Gasteiger partial charge in [0.2, 0.25) is 0 Å². The summed E-state index contributed by atoms with van der Waals surface area (Å²) in [7, 11) is 1.92. The molecule has 25 heavy (non-hydrogen) atoms. The van der Waals surface area contributed by atoms with E-state index in [4.69, 9.17) is 11.6 Å². The topological polar surface area (TPSA) is 33.1 Å². The predicted molar refractivity (Wildman–Crippen MR) is 104 cm³/mol. The molecule has 1 aromatic carbocycles. The van der Waals surface area contributed by atoms with E-state index in [-0.39, 0.29) is 0 Å². The molecule has 1 fully saturated rings. The van der Waals surface area contributed by atoms with Gasteiger partial charge in [-0.15, -0.1) is 0 Å². The van der Waals surface area contributed by atoms with Crippen LogP contribution in [0, 0.1) is 0 Å². The highest BCUT2D eigenvalue weighted by atomic mass is 35.5. The Balaban J connectivity index is 1.58. The summed E-state index contributed by atoms with van der Waals surface area (Å²) in [4.78, 5) is 2.55. The SMILES string of the molecule is CC(C)c1nn(C)c(Cl)c1CN[C@@H]1CCCN(Cc2ccccc2)C1. The second-order valence-electron chi connectivity index (χ2n) is 7.37. The molecule has 4 nitrogen and oxygen atoms in total. The van der Waals surface area contributed by atoms with E-state index in [1.165, 1.54) is 24.9 Å². The van der Waals surface area contributed by atoms with E-state index in [1.807, 2.05) is 7.05 Å². The molecule has 0 saturated carbocycles. The van der Waals surface area contributed by atoms with Crippen molar-refractivity contribution in [1.29, 1.82) is 0 Å². The molecule has 5 heteroatoms. The highest BCUT2D eigenvalue weighted by molar-refractivity contribution is 6.30. The highest BCUT2D eigenvalue weighted by Crippen LogP contribution is 2.25. The minimum absolute atomic E-state index is 0.386. The fourth-order valence-corrected chi connectivity index (χ4v) is 3.85. The van der Waals surface area contributed by atoms with Crippen LogP contribution in [0.25, 0.3) is 0 Å². The van der Waals surface area contributed by atoms with E-state index in [0.717, 1.165) is 36.0 Å². The van der Waals surface area contributed by atoms with Crippen molar-refractivity contribution < 1.29 is 0 Å². The fraction of sp³-hybridized carbons (Fsp3) is 0.550. The zero-order valence-corrected chi connectivity index (χ0v) is 16.3. The number of rotatable bonds is 6. The molecule has 0 spiro atoms. The lowest BCUT2D eigenvalue weighted by atomic mass is 10.0. The lowest BCUT2D eigenvalue weighted by Crippen LogP contribution is -2.45. The van der Waals surface area contributed by atoms with Crippen LogP contribution in [-0.2, 0) is 20.1 Å². The molecule has 3 rings (SSSR count). The van der Waals surface area contributed by atoms with Gasteiger partial charge in [-0.25, -0.2) is 0 Å². The third-order valence-corrected chi connectivity index (χ3v) is 5.44. The lowest BCUT2D eigenvalue weighted by Gasteiger charge is -2.33. The summed E-state index contributed by atoms with van der Waals surface area (Å²) >= 11 is 6.46. The summed E-state index contributed by atoms with van der Waals surface area (Å²) in [5, 5.41) is 9.06. The summed E-state index contributed by atoms with van der Waals surface area (Å²) in [6, 6.07) is 11.2. The van der Waals surface area contributed by atoms with Crippen LogP contribution in [0.3, 0.4) is 0 Å². The minimum atomic E-state index is 0.386. The van der Waals surface area contributed by atoms with Crippen molar-refractivity contribution in [2.75, 3.05) is 13.1 Å². The Morgan fingerprint density at radius 2 is 2.04 bits per heavy atom. The third kappa shape index (κ3) is 4.63. The first-order valence-corrected chi connectivity index (χ1v) is 9.63. The standard InChI is InChI=1S/C20H29ClN4/c1-15(2)19-18(20(21)24(3)23-19)12-22-17-10-7-11-25(14-17)13-16-8-5-4-6-9-16/h4-6,8-9,15,17,22H,7,10-14H2,1-3H3/t17-/m1/s1. The van der Waals surface area contributed by atoms with Gasteiger partial charge in [-0.1, -0.05) is 55.8 Å². The Kier molecular flexibility index (Phi) is 6.15. The molecule has 0 bridgehead atoms. The number of nitrogens with one attached hydrogen (secondary N) is 1. The van der Waals surface area contributed by atoms with Crippen LogP contribution in [0.1, 0.15) is 49.4 Å². The van der Waals surface area contributed by atoms with E-state index in [9.17, 15) is 0 Å². The Morgan fingerprint density at radius 1 is 1.28 bits per heavy atom. The summed E-state index contributed by atoms with van der Waals surface area (Å²) in [6.45, 7) is 8.43. The van der Waals surface area contributed by atoms with Crippen molar-refractivity contribution >= 4 is 11.6 Å². The average Bonchev–Trinajstić information content (AvgIpc) is 2.89. The molecule has 1 aliphatic heterocycles. The molecule has 0 radical (unpaired) electrons.